The van der Waals surface area contributed by atoms with Crippen LogP contribution in [0.2, 0.25) is 0 Å². The summed E-state index contributed by atoms with van der Waals surface area (Å²) in [5.74, 6) is 0.499. The lowest BCUT2D eigenvalue weighted by Crippen LogP contribution is -2.32. The summed E-state index contributed by atoms with van der Waals surface area (Å²) in [5, 5.41) is 0.872. The number of rotatable bonds is 6. The first kappa shape index (κ1) is 20.1. The first-order valence-corrected chi connectivity index (χ1v) is 11.0. The van der Waals surface area contributed by atoms with Gasteiger partial charge in [-0.15, -0.1) is 0 Å². The summed E-state index contributed by atoms with van der Waals surface area (Å²) in [6, 6.07) is 17.4. The molecule has 2 aromatic carbocycles. The standard InChI is InChI=1S/C23H22N2O4S/c1-16-11-17(2)22-18(12-16)13-19(23(26)24-22)14-25(15-20-7-6-10-29-20)30(27,28)21-8-4-3-5-9-21/h3-13H,14-15H2,1-2H3,(H,24,26). The third-order valence-corrected chi connectivity index (χ3v) is 6.82. The van der Waals surface area contributed by atoms with Gasteiger partial charge in [0.1, 0.15) is 5.76 Å². The minimum Gasteiger partial charge on any atom is -0.468 e. The highest BCUT2D eigenvalue weighted by Gasteiger charge is 2.26. The molecule has 30 heavy (non-hydrogen) atoms. The van der Waals surface area contributed by atoms with Gasteiger partial charge in [0, 0.05) is 12.1 Å². The molecule has 0 fully saturated rings. The summed E-state index contributed by atoms with van der Waals surface area (Å²) < 4.78 is 33.3. The largest absolute Gasteiger partial charge is 0.468 e. The number of aryl methyl sites for hydroxylation is 2. The molecule has 0 saturated carbocycles. The van der Waals surface area contributed by atoms with E-state index in [9.17, 15) is 13.2 Å². The van der Waals surface area contributed by atoms with Gasteiger partial charge >= 0.3 is 0 Å². The molecule has 2 aromatic heterocycles. The zero-order valence-electron chi connectivity index (χ0n) is 16.8. The third kappa shape index (κ3) is 3.94. The Hall–Kier alpha value is -3.16. The highest BCUT2D eigenvalue weighted by molar-refractivity contribution is 7.89. The van der Waals surface area contributed by atoms with Crippen LogP contribution in [-0.4, -0.2) is 17.7 Å². The molecule has 0 bridgehead atoms. The molecule has 0 unspecified atom stereocenters. The number of nitrogens with zero attached hydrogens (tertiary/aromatic N) is 1. The van der Waals surface area contributed by atoms with Crippen LogP contribution in [0.5, 0.6) is 0 Å². The van der Waals surface area contributed by atoms with Gasteiger partial charge in [0.25, 0.3) is 5.56 Å². The molecule has 0 saturated heterocycles. The molecule has 0 amide bonds. The molecule has 7 heteroatoms. The Labute approximate surface area is 174 Å². The van der Waals surface area contributed by atoms with Gasteiger partial charge in [0.15, 0.2) is 0 Å². The van der Waals surface area contributed by atoms with Crippen LogP contribution in [-0.2, 0) is 23.1 Å². The van der Waals surface area contributed by atoms with Crippen molar-refractivity contribution in [2.75, 3.05) is 0 Å². The average molecular weight is 423 g/mol. The van der Waals surface area contributed by atoms with Crippen molar-refractivity contribution in [1.82, 2.24) is 9.29 Å². The maximum Gasteiger partial charge on any atom is 0.252 e. The quantitative estimate of drug-likeness (QED) is 0.506. The average Bonchev–Trinajstić information content (AvgIpc) is 3.22. The Morgan fingerprint density at radius 1 is 0.967 bits per heavy atom. The van der Waals surface area contributed by atoms with E-state index in [2.05, 4.69) is 4.98 Å². The van der Waals surface area contributed by atoms with E-state index in [1.807, 2.05) is 26.0 Å². The number of H-pyrrole nitrogens is 1. The van der Waals surface area contributed by atoms with Gasteiger partial charge in [-0.1, -0.05) is 29.8 Å². The fraction of sp³-hybridized carbons (Fsp3) is 0.174. The Morgan fingerprint density at radius 3 is 2.43 bits per heavy atom. The lowest BCUT2D eigenvalue weighted by Gasteiger charge is -2.21. The Kier molecular flexibility index (Phi) is 5.32. The van der Waals surface area contributed by atoms with E-state index in [-0.39, 0.29) is 23.5 Å². The second-order valence-electron chi connectivity index (χ2n) is 7.34. The third-order valence-electron chi connectivity index (χ3n) is 5.01. The molecule has 6 nitrogen and oxygen atoms in total. The number of nitrogens with one attached hydrogen (secondary N) is 1. The van der Waals surface area contributed by atoms with Crippen LogP contribution < -0.4 is 5.56 Å². The highest BCUT2D eigenvalue weighted by atomic mass is 32.2. The van der Waals surface area contributed by atoms with Crippen LogP contribution in [0.25, 0.3) is 10.9 Å². The summed E-state index contributed by atoms with van der Waals surface area (Å²) >= 11 is 0. The highest BCUT2D eigenvalue weighted by Crippen LogP contribution is 2.23. The summed E-state index contributed by atoms with van der Waals surface area (Å²) in [6.45, 7) is 3.87. The van der Waals surface area contributed by atoms with Crippen LogP contribution in [0.15, 0.2) is 81.0 Å². The van der Waals surface area contributed by atoms with Gasteiger partial charge in [-0.3, -0.25) is 4.79 Å². The Morgan fingerprint density at radius 2 is 1.73 bits per heavy atom. The minimum atomic E-state index is -3.84. The zero-order valence-corrected chi connectivity index (χ0v) is 17.6. The summed E-state index contributed by atoms with van der Waals surface area (Å²) in [6.07, 6.45) is 1.50. The number of hydrogen-bond donors (Lipinski definition) is 1. The molecule has 1 N–H and O–H groups in total. The van der Waals surface area contributed by atoms with Crippen LogP contribution in [0.3, 0.4) is 0 Å². The first-order chi connectivity index (χ1) is 14.3. The summed E-state index contributed by atoms with van der Waals surface area (Å²) in [7, 11) is -3.84. The molecule has 0 aliphatic heterocycles. The van der Waals surface area contributed by atoms with Crippen LogP contribution in [0, 0.1) is 13.8 Å². The molecule has 0 aliphatic carbocycles. The number of sulfonamides is 1. The predicted octanol–water partition coefficient (Wildman–Crippen LogP) is 4.13. The second kappa shape index (κ2) is 7.93. The SMILES string of the molecule is Cc1cc(C)c2[nH]c(=O)c(CN(Cc3ccco3)S(=O)(=O)c3ccccc3)cc2c1. The van der Waals surface area contributed by atoms with Crippen LogP contribution in [0.4, 0.5) is 0 Å². The molecule has 0 atom stereocenters. The van der Waals surface area contributed by atoms with E-state index in [1.165, 1.54) is 10.6 Å². The van der Waals surface area contributed by atoms with Gasteiger partial charge in [0.2, 0.25) is 10.0 Å². The fourth-order valence-electron chi connectivity index (χ4n) is 3.58. The molecular weight excluding hydrogens is 400 g/mol. The van der Waals surface area contributed by atoms with E-state index in [0.717, 1.165) is 22.0 Å². The predicted molar refractivity (Wildman–Crippen MR) is 116 cm³/mol. The van der Waals surface area contributed by atoms with Crippen LogP contribution in [0.1, 0.15) is 22.5 Å². The Balaban J connectivity index is 1.79. The number of furan rings is 1. The van der Waals surface area contributed by atoms with Crippen molar-refractivity contribution < 1.29 is 12.8 Å². The fourth-order valence-corrected chi connectivity index (χ4v) is 4.99. The van der Waals surface area contributed by atoms with E-state index in [1.54, 1.807) is 48.5 Å². The summed E-state index contributed by atoms with van der Waals surface area (Å²) in [5.41, 5.74) is 2.87. The number of benzene rings is 2. The van der Waals surface area contributed by atoms with Gasteiger partial charge < -0.3 is 9.40 Å². The summed E-state index contributed by atoms with van der Waals surface area (Å²) in [4.78, 5) is 15.8. The number of aromatic amines is 1. The number of fused-ring (bicyclic) bond motifs is 1. The minimum absolute atomic E-state index is 0.0224. The zero-order chi connectivity index (χ0) is 21.3. The monoisotopic (exact) mass is 422 g/mol. The van der Waals surface area contributed by atoms with Crippen molar-refractivity contribution in [1.29, 1.82) is 0 Å². The number of pyridine rings is 1. The van der Waals surface area contributed by atoms with E-state index in [0.29, 0.717) is 11.3 Å². The lowest BCUT2D eigenvalue weighted by atomic mass is 10.1. The molecule has 2 heterocycles. The molecule has 0 aliphatic rings. The lowest BCUT2D eigenvalue weighted by molar-refractivity contribution is 0.357. The van der Waals surface area contributed by atoms with Crippen molar-refractivity contribution in [3.05, 3.63) is 99.7 Å². The van der Waals surface area contributed by atoms with E-state index in [4.69, 9.17) is 4.42 Å². The topological polar surface area (TPSA) is 83.4 Å². The number of aromatic nitrogens is 1. The van der Waals surface area contributed by atoms with Crippen LogP contribution >= 0.6 is 0 Å². The normalized spacial score (nSPS) is 12.0. The van der Waals surface area contributed by atoms with Crippen molar-refractivity contribution in [2.24, 2.45) is 0 Å². The maximum absolute atomic E-state index is 13.3. The van der Waals surface area contributed by atoms with Gasteiger partial charge in [0.05, 0.1) is 23.2 Å². The Bertz CT molecular complexity index is 1340. The molecule has 4 aromatic rings. The van der Waals surface area contributed by atoms with Gasteiger partial charge in [-0.25, -0.2) is 8.42 Å². The molecule has 4 rings (SSSR count). The van der Waals surface area contributed by atoms with Crippen molar-refractivity contribution in [3.8, 4) is 0 Å². The molecule has 154 valence electrons. The van der Waals surface area contributed by atoms with Gasteiger partial charge in [-0.05, 0) is 61.2 Å². The van der Waals surface area contributed by atoms with Crippen molar-refractivity contribution in [2.45, 2.75) is 31.8 Å². The van der Waals surface area contributed by atoms with Gasteiger partial charge in [-0.2, -0.15) is 4.31 Å². The molecular formula is C23H22N2O4S. The number of hydrogen-bond acceptors (Lipinski definition) is 4. The second-order valence-corrected chi connectivity index (χ2v) is 9.27. The first-order valence-electron chi connectivity index (χ1n) is 9.55. The molecule has 0 spiro atoms. The maximum atomic E-state index is 13.3. The van der Waals surface area contributed by atoms with E-state index >= 15 is 0 Å². The van der Waals surface area contributed by atoms with Crippen molar-refractivity contribution in [3.63, 3.8) is 0 Å². The smallest absolute Gasteiger partial charge is 0.252 e. The molecule has 0 radical (unpaired) electrons. The van der Waals surface area contributed by atoms with Crippen molar-refractivity contribution >= 4 is 20.9 Å². The van der Waals surface area contributed by atoms with E-state index < -0.39 is 10.0 Å².